The van der Waals surface area contributed by atoms with Crippen molar-refractivity contribution in [2.45, 2.75) is 25.5 Å². The molecule has 0 fully saturated rings. The number of nitrogens with one attached hydrogen (secondary N) is 1. The van der Waals surface area contributed by atoms with Crippen LogP contribution in [0.15, 0.2) is 65.8 Å². The fraction of sp³-hybridized carbons (Fsp3) is 0.190. The highest BCUT2D eigenvalue weighted by molar-refractivity contribution is 7.99. The minimum atomic E-state index is -0.0235. The molecule has 26 heavy (non-hydrogen) atoms. The van der Waals surface area contributed by atoms with E-state index in [0.29, 0.717) is 17.5 Å². The maximum absolute atomic E-state index is 12.2. The van der Waals surface area contributed by atoms with Crippen molar-refractivity contribution in [2.24, 2.45) is 0 Å². The zero-order valence-corrected chi connectivity index (χ0v) is 15.7. The summed E-state index contributed by atoms with van der Waals surface area (Å²) < 4.78 is 0. The number of hydrogen-bond donors (Lipinski definition) is 1. The first-order valence-corrected chi connectivity index (χ1v) is 9.45. The Morgan fingerprint density at radius 1 is 1.00 bits per heavy atom. The molecule has 2 aromatic carbocycles. The Balaban J connectivity index is 1.60. The predicted octanol–water partition coefficient (Wildman–Crippen LogP) is 4.17. The summed E-state index contributed by atoms with van der Waals surface area (Å²) in [6.07, 6.45) is 0. The molecule has 3 aromatic rings. The number of aryl methyl sites for hydroxylation is 2. The van der Waals surface area contributed by atoms with Crippen LogP contribution in [0.2, 0.25) is 0 Å². The average molecular weight is 363 g/mol. The highest BCUT2D eigenvalue weighted by Crippen LogP contribution is 2.21. The number of benzene rings is 2. The minimum absolute atomic E-state index is 0.0235. The van der Waals surface area contributed by atoms with Gasteiger partial charge >= 0.3 is 0 Å². The van der Waals surface area contributed by atoms with Gasteiger partial charge in [-0.3, -0.25) is 4.79 Å². The molecule has 3 rings (SSSR count). The highest BCUT2D eigenvalue weighted by atomic mass is 32.2. The van der Waals surface area contributed by atoms with Gasteiger partial charge in [0.15, 0.2) is 5.16 Å². The van der Waals surface area contributed by atoms with Crippen LogP contribution in [0.3, 0.4) is 0 Å². The third-order valence-electron chi connectivity index (χ3n) is 3.97. The quantitative estimate of drug-likeness (QED) is 0.527. The van der Waals surface area contributed by atoms with Crippen LogP contribution in [0.25, 0.3) is 11.3 Å². The number of carbonyl (C=O) groups is 1. The van der Waals surface area contributed by atoms with E-state index >= 15 is 0 Å². The SMILES string of the molecule is Cc1cc(-c2ccccc2)nc(SCC(=O)NCc2ccccc2C)n1. The van der Waals surface area contributed by atoms with Gasteiger partial charge in [0.05, 0.1) is 11.4 Å². The number of rotatable bonds is 6. The lowest BCUT2D eigenvalue weighted by molar-refractivity contribution is -0.118. The number of carbonyl (C=O) groups excluding carboxylic acids is 1. The Morgan fingerprint density at radius 2 is 1.73 bits per heavy atom. The van der Waals surface area contributed by atoms with Crippen molar-refractivity contribution >= 4 is 17.7 Å². The van der Waals surface area contributed by atoms with Gasteiger partial charge in [-0.25, -0.2) is 9.97 Å². The van der Waals surface area contributed by atoms with Crippen LogP contribution in [0.5, 0.6) is 0 Å². The van der Waals surface area contributed by atoms with Crippen molar-refractivity contribution in [1.82, 2.24) is 15.3 Å². The molecule has 0 spiro atoms. The molecule has 1 aromatic heterocycles. The summed E-state index contributed by atoms with van der Waals surface area (Å²) in [6.45, 7) is 4.52. The topological polar surface area (TPSA) is 54.9 Å². The van der Waals surface area contributed by atoms with Crippen molar-refractivity contribution < 1.29 is 4.79 Å². The van der Waals surface area contributed by atoms with Crippen molar-refractivity contribution in [3.05, 3.63) is 77.5 Å². The second-order valence-corrected chi connectivity index (χ2v) is 6.98. The molecule has 1 N–H and O–H groups in total. The molecule has 0 atom stereocenters. The summed E-state index contributed by atoms with van der Waals surface area (Å²) in [5.74, 6) is 0.272. The molecule has 0 aliphatic heterocycles. The molecule has 0 aliphatic rings. The standard InChI is InChI=1S/C21H21N3OS/c1-15-8-6-7-11-18(15)13-22-20(25)14-26-21-23-16(2)12-19(24-21)17-9-4-3-5-10-17/h3-12H,13-14H2,1-2H3,(H,22,25). The maximum Gasteiger partial charge on any atom is 0.230 e. The first kappa shape index (κ1) is 18.1. The van der Waals surface area contributed by atoms with Crippen molar-refractivity contribution in [1.29, 1.82) is 0 Å². The second-order valence-electron chi connectivity index (χ2n) is 6.04. The zero-order valence-electron chi connectivity index (χ0n) is 14.9. The molecule has 0 saturated heterocycles. The lowest BCUT2D eigenvalue weighted by atomic mass is 10.1. The van der Waals surface area contributed by atoms with Crippen LogP contribution >= 0.6 is 11.8 Å². The van der Waals surface area contributed by atoms with E-state index in [2.05, 4.69) is 15.3 Å². The predicted molar refractivity (Wildman–Crippen MR) is 106 cm³/mol. The van der Waals surface area contributed by atoms with Crippen LogP contribution in [0, 0.1) is 13.8 Å². The van der Waals surface area contributed by atoms with Gasteiger partial charge in [-0.05, 0) is 31.0 Å². The average Bonchev–Trinajstić information content (AvgIpc) is 2.66. The summed E-state index contributed by atoms with van der Waals surface area (Å²) in [7, 11) is 0. The highest BCUT2D eigenvalue weighted by Gasteiger charge is 2.08. The Morgan fingerprint density at radius 3 is 2.50 bits per heavy atom. The van der Waals surface area contributed by atoms with E-state index < -0.39 is 0 Å². The van der Waals surface area contributed by atoms with Crippen LogP contribution in [-0.2, 0) is 11.3 Å². The van der Waals surface area contributed by atoms with Gasteiger partial charge in [-0.15, -0.1) is 0 Å². The summed E-state index contributed by atoms with van der Waals surface area (Å²) in [6, 6.07) is 20.0. The lowest BCUT2D eigenvalue weighted by Crippen LogP contribution is -2.25. The summed E-state index contributed by atoms with van der Waals surface area (Å²) >= 11 is 1.36. The van der Waals surface area contributed by atoms with Gasteiger partial charge in [0, 0.05) is 17.8 Å². The van der Waals surface area contributed by atoms with E-state index in [4.69, 9.17) is 0 Å². The summed E-state index contributed by atoms with van der Waals surface area (Å²) in [5.41, 5.74) is 5.12. The molecule has 0 bridgehead atoms. The molecule has 1 amide bonds. The Bertz CT molecular complexity index is 897. The number of thioether (sulfide) groups is 1. The van der Waals surface area contributed by atoms with Gasteiger partial charge in [0.1, 0.15) is 0 Å². The van der Waals surface area contributed by atoms with E-state index in [0.717, 1.165) is 22.5 Å². The Kier molecular flexibility index (Phi) is 6.02. The summed E-state index contributed by atoms with van der Waals surface area (Å²) in [5, 5.41) is 3.58. The monoisotopic (exact) mass is 363 g/mol. The molecule has 0 unspecified atom stereocenters. The first-order valence-electron chi connectivity index (χ1n) is 8.47. The molecule has 0 saturated carbocycles. The largest absolute Gasteiger partial charge is 0.351 e. The van der Waals surface area contributed by atoms with Crippen molar-refractivity contribution in [3.8, 4) is 11.3 Å². The molecule has 5 heteroatoms. The van der Waals surface area contributed by atoms with E-state index in [9.17, 15) is 4.79 Å². The third-order valence-corrected chi connectivity index (χ3v) is 4.82. The molecule has 0 aliphatic carbocycles. The fourth-order valence-electron chi connectivity index (χ4n) is 2.55. The second kappa shape index (κ2) is 8.63. The van der Waals surface area contributed by atoms with Crippen molar-refractivity contribution in [3.63, 3.8) is 0 Å². The number of aromatic nitrogens is 2. The molecule has 0 radical (unpaired) electrons. The molecular weight excluding hydrogens is 342 g/mol. The summed E-state index contributed by atoms with van der Waals surface area (Å²) in [4.78, 5) is 21.2. The molecule has 1 heterocycles. The number of amides is 1. The normalized spacial score (nSPS) is 10.5. The fourth-order valence-corrected chi connectivity index (χ4v) is 3.28. The lowest BCUT2D eigenvalue weighted by Gasteiger charge is -2.08. The van der Waals surface area contributed by atoms with Gasteiger partial charge in [-0.1, -0.05) is 66.4 Å². The smallest absolute Gasteiger partial charge is 0.230 e. The van der Waals surface area contributed by atoms with E-state index in [1.165, 1.54) is 17.3 Å². The van der Waals surface area contributed by atoms with E-state index in [1.807, 2.05) is 74.5 Å². The maximum atomic E-state index is 12.2. The Labute approximate surface area is 158 Å². The van der Waals surface area contributed by atoms with Crippen LogP contribution in [0.1, 0.15) is 16.8 Å². The van der Waals surface area contributed by atoms with Gasteiger partial charge in [0.2, 0.25) is 5.91 Å². The molecular formula is C21H21N3OS. The number of hydrogen-bond acceptors (Lipinski definition) is 4. The van der Waals surface area contributed by atoms with Crippen molar-refractivity contribution in [2.75, 3.05) is 5.75 Å². The Hall–Kier alpha value is -2.66. The van der Waals surface area contributed by atoms with Gasteiger partial charge in [0.25, 0.3) is 0 Å². The van der Waals surface area contributed by atoms with Gasteiger partial charge < -0.3 is 5.32 Å². The first-order chi connectivity index (χ1) is 12.6. The van der Waals surface area contributed by atoms with Crippen LogP contribution < -0.4 is 5.32 Å². The van der Waals surface area contributed by atoms with Gasteiger partial charge in [-0.2, -0.15) is 0 Å². The van der Waals surface area contributed by atoms with Crippen LogP contribution in [-0.4, -0.2) is 21.6 Å². The number of nitrogens with zero attached hydrogens (tertiary/aromatic N) is 2. The minimum Gasteiger partial charge on any atom is -0.351 e. The molecule has 132 valence electrons. The van der Waals surface area contributed by atoms with E-state index in [-0.39, 0.29) is 5.91 Å². The van der Waals surface area contributed by atoms with Crippen LogP contribution in [0.4, 0.5) is 0 Å². The molecule has 4 nitrogen and oxygen atoms in total. The third kappa shape index (κ3) is 4.92. The van der Waals surface area contributed by atoms with E-state index in [1.54, 1.807) is 0 Å². The zero-order chi connectivity index (χ0) is 18.4.